The molecule has 2 aromatic heterocycles. The van der Waals surface area contributed by atoms with Crippen molar-refractivity contribution in [3.63, 3.8) is 0 Å². The van der Waals surface area contributed by atoms with Crippen molar-refractivity contribution in [2.75, 3.05) is 0 Å². The van der Waals surface area contributed by atoms with Gasteiger partial charge in [-0.05, 0) is 69.6 Å². The second-order valence-electron chi connectivity index (χ2n) is 6.64. The number of rotatable bonds is 4. The van der Waals surface area contributed by atoms with Crippen LogP contribution in [0.1, 0.15) is 54.2 Å². The van der Waals surface area contributed by atoms with Crippen molar-refractivity contribution in [1.82, 2.24) is 15.0 Å². The summed E-state index contributed by atoms with van der Waals surface area (Å²) in [5.74, 6) is 1.66. The normalized spacial score (nSPS) is 22.0. The quantitative estimate of drug-likeness (QED) is 0.912. The van der Waals surface area contributed by atoms with Crippen molar-refractivity contribution < 1.29 is 5.11 Å². The van der Waals surface area contributed by atoms with E-state index in [1.54, 1.807) is 0 Å². The molecule has 0 atom stereocenters. The summed E-state index contributed by atoms with van der Waals surface area (Å²) in [6.45, 7) is 4.19. The number of aromatic nitrogens is 3. The Morgan fingerprint density at radius 1 is 1.23 bits per heavy atom. The van der Waals surface area contributed by atoms with Crippen LogP contribution in [0, 0.1) is 19.8 Å². The molecule has 1 aliphatic carbocycles. The maximum absolute atomic E-state index is 9.61. The van der Waals surface area contributed by atoms with Gasteiger partial charge in [0.25, 0.3) is 0 Å². The fraction of sp³-hybridized carbons (Fsp3) is 0.556. The Bertz CT molecular complexity index is 627. The van der Waals surface area contributed by atoms with Gasteiger partial charge in [0.1, 0.15) is 5.82 Å². The van der Waals surface area contributed by atoms with Crippen LogP contribution in [-0.4, -0.2) is 26.2 Å². The van der Waals surface area contributed by atoms with Gasteiger partial charge in [-0.1, -0.05) is 0 Å². The summed E-state index contributed by atoms with van der Waals surface area (Å²) in [6, 6.07) is 4.12. The molecule has 0 bridgehead atoms. The molecule has 0 aliphatic heterocycles. The van der Waals surface area contributed by atoms with Gasteiger partial charge in [0, 0.05) is 24.0 Å². The Labute approximate surface area is 132 Å². The first-order chi connectivity index (χ1) is 10.6. The molecule has 0 aromatic carbocycles. The van der Waals surface area contributed by atoms with Crippen molar-refractivity contribution in [3.8, 4) is 0 Å². The Kier molecular flexibility index (Phi) is 4.57. The van der Waals surface area contributed by atoms with Crippen LogP contribution in [0.15, 0.2) is 18.3 Å². The minimum Gasteiger partial charge on any atom is -0.393 e. The number of aliphatic hydroxyl groups excluding tert-OH is 1. The number of nitrogens with one attached hydrogen (secondary N) is 1. The molecule has 1 aliphatic rings. The average molecular weight is 299 g/mol. The predicted octanol–water partition coefficient (Wildman–Crippen LogP) is 3.11. The van der Waals surface area contributed by atoms with E-state index in [4.69, 9.17) is 4.98 Å². The molecule has 0 amide bonds. The molecule has 2 aromatic rings. The SMILES string of the molecule is Cc1ccnc(Cc2nc(CC3CCC(O)CC3)c(C)[nH]2)c1. The second-order valence-corrected chi connectivity index (χ2v) is 6.64. The van der Waals surface area contributed by atoms with Gasteiger partial charge < -0.3 is 10.1 Å². The van der Waals surface area contributed by atoms with Crippen molar-refractivity contribution >= 4 is 0 Å². The molecule has 0 saturated heterocycles. The van der Waals surface area contributed by atoms with Gasteiger partial charge in [-0.25, -0.2) is 4.98 Å². The zero-order valence-electron chi connectivity index (χ0n) is 13.5. The topological polar surface area (TPSA) is 61.8 Å². The third-order valence-electron chi connectivity index (χ3n) is 4.65. The number of H-pyrrole nitrogens is 1. The van der Waals surface area contributed by atoms with Gasteiger partial charge >= 0.3 is 0 Å². The monoisotopic (exact) mass is 299 g/mol. The van der Waals surface area contributed by atoms with Gasteiger partial charge in [0.05, 0.1) is 11.8 Å². The van der Waals surface area contributed by atoms with E-state index in [1.807, 2.05) is 12.3 Å². The number of aliphatic hydroxyl groups is 1. The zero-order valence-corrected chi connectivity index (χ0v) is 13.5. The van der Waals surface area contributed by atoms with E-state index in [0.29, 0.717) is 5.92 Å². The molecule has 2 heterocycles. The van der Waals surface area contributed by atoms with Gasteiger partial charge in [-0.3, -0.25) is 4.98 Å². The average Bonchev–Trinajstić information content (AvgIpc) is 2.81. The highest BCUT2D eigenvalue weighted by Crippen LogP contribution is 2.27. The van der Waals surface area contributed by atoms with E-state index in [1.165, 1.54) is 17.0 Å². The van der Waals surface area contributed by atoms with E-state index >= 15 is 0 Å². The van der Waals surface area contributed by atoms with E-state index in [0.717, 1.165) is 50.0 Å². The Morgan fingerprint density at radius 3 is 2.73 bits per heavy atom. The number of nitrogens with zero attached hydrogens (tertiary/aromatic N) is 2. The van der Waals surface area contributed by atoms with E-state index in [9.17, 15) is 5.11 Å². The first kappa shape index (κ1) is 15.2. The lowest BCUT2D eigenvalue weighted by Crippen LogP contribution is -2.19. The summed E-state index contributed by atoms with van der Waals surface area (Å²) in [4.78, 5) is 12.6. The molecule has 4 nitrogen and oxygen atoms in total. The number of hydrogen-bond acceptors (Lipinski definition) is 3. The minimum atomic E-state index is -0.0838. The summed E-state index contributed by atoms with van der Waals surface area (Å²) in [5.41, 5.74) is 4.65. The van der Waals surface area contributed by atoms with Crippen LogP contribution in [0.2, 0.25) is 0 Å². The molecule has 0 unspecified atom stereocenters. The fourth-order valence-corrected chi connectivity index (χ4v) is 3.34. The number of pyridine rings is 1. The van der Waals surface area contributed by atoms with Crippen molar-refractivity contribution in [1.29, 1.82) is 0 Å². The Hall–Kier alpha value is -1.68. The summed E-state index contributed by atoms with van der Waals surface area (Å²) in [5, 5.41) is 9.61. The Morgan fingerprint density at radius 2 is 2.00 bits per heavy atom. The molecule has 1 saturated carbocycles. The second kappa shape index (κ2) is 6.61. The van der Waals surface area contributed by atoms with Gasteiger partial charge in [-0.15, -0.1) is 0 Å². The van der Waals surface area contributed by atoms with Crippen LogP contribution in [0.25, 0.3) is 0 Å². The van der Waals surface area contributed by atoms with Crippen LogP contribution >= 0.6 is 0 Å². The lowest BCUT2D eigenvalue weighted by atomic mass is 9.84. The lowest BCUT2D eigenvalue weighted by Gasteiger charge is -2.24. The largest absolute Gasteiger partial charge is 0.393 e. The zero-order chi connectivity index (χ0) is 15.5. The summed E-state index contributed by atoms with van der Waals surface area (Å²) < 4.78 is 0. The van der Waals surface area contributed by atoms with E-state index in [2.05, 4.69) is 29.9 Å². The van der Waals surface area contributed by atoms with Crippen LogP contribution in [0.5, 0.6) is 0 Å². The maximum atomic E-state index is 9.61. The van der Waals surface area contributed by atoms with Crippen molar-refractivity contribution in [3.05, 3.63) is 46.8 Å². The number of hydrogen-bond donors (Lipinski definition) is 2. The molecular weight excluding hydrogens is 274 g/mol. The molecule has 3 rings (SSSR count). The fourth-order valence-electron chi connectivity index (χ4n) is 3.34. The molecular formula is C18H25N3O. The number of imidazole rings is 1. The maximum Gasteiger partial charge on any atom is 0.112 e. The van der Waals surface area contributed by atoms with Crippen molar-refractivity contribution in [2.45, 2.75) is 58.5 Å². The van der Waals surface area contributed by atoms with Gasteiger partial charge in [0.2, 0.25) is 0 Å². The van der Waals surface area contributed by atoms with E-state index in [-0.39, 0.29) is 6.10 Å². The van der Waals surface area contributed by atoms with Crippen LogP contribution in [0.4, 0.5) is 0 Å². The Balaban J connectivity index is 1.66. The molecule has 4 heteroatoms. The number of aromatic amines is 1. The molecule has 0 spiro atoms. The van der Waals surface area contributed by atoms with Gasteiger partial charge in [-0.2, -0.15) is 0 Å². The lowest BCUT2D eigenvalue weighted by molar-refractivity contribution is 0.108. The van der Waals surface area contributed by atoms with Gasteiger partial charge in [0.15, 0.2) is 0 Å². The molecule has 118 valence electrons. The highest BCUT2D eigenvalue weighted by Gasteiger charge is 2.21. The summed E-state index contributed by atoms with van der Waals surface area (Å²) >= 11 is 0. The predicted molar refractivity (Wildman–Crippen MR) is 86.8 cm³/mol. The molecule has 2 N–H and O–H groups in total. The smallest absolute Gasteiger partial charge is 0.112 e. The highest BCUT2D eigenvalue weighted by atomic mass is 16.3. The van der Waals surface area contributed by atoms with Crippen LogP contribution in [-0.2, 0) is 12.8 Å². The minimum absolute atomic E-state index is 0.0838. The summed E-state index contributed by atoms with van der Waals surface area (Å²) in [7, 11) is 0. The molecule has 1 fully saturated rings. The van der Waals surface area contributed by atoms with E-state index < -0.39 is 0 Å². The standard InChI is InChI=1S/C18H25N3O/c1-12-7-8-19-15(9-12)11-18-20-13(2)17(21-18)10-14-3-5-16(22)6-4-14/h7-9,14,16,22H,3-6,10-11H2,1-2H3,(H,20,21). The first-order valence-corrected chi connectivity index (χ1v) is 8.24. The third kappa shape index (κ3) is 3.74. The van der Waals surface area contributed by atoms with Crippen molar-refractivity contribution in [2.24, 2.45) is 5.92 Å². The highest BCUT2D eigenvalue weighted by molar-refractivity contribution is 5.20. The number of aryl methyl sites for hydroxylation is 2. The third-order valence-corrected chi connectivity index (χ3v) is 4.65. The first-order valence-electron chi connectivity index (χ1n) is 8.24. The van der Waals surface area contributed by atoms with Crippen LogP contribution < -0.4 is 0 Å². The summed E-state index contributed by atoms with van der Waals surface area (Å²) in [6.07, 6.45) is 7.66. The molecule has 0 radical (unpaired) electrons. The van der Waals surface area contributed by atoms with Crippen LogP contribution in [0.3, 0.4) is 0 Å². The molecule has 22 heavy (non-hydrogen) atoms.